The number of ketones is 1. The van der Waals surface area contributed by atoms with Gasteiger partial charge in [-0.2, -0.15) is 0 Å². The molecule has 0 fully saturated rings. The van der Waals surface area contributed by atoms with Gasteiger partial charge in [0.1, 0.15) is 5.69 Å². The van der Waals surface area contributed by atoms with Gasteiger partial charge >= 0.3 is 5.97 Å². The maximum Gasteiger partial charge on any atom is 0.421 e. The quantitative estimate of drug-likeness (QED) is 0.537. The number of Topliss-reactive ketones (excluding diaryl/α,β-unsaturated/α-hetero) is 1. The molecular weight excluding hydrogens is 187 g/mol. The van der Waals surface area contributed by atoms with Gasteiger partial charge in [-0.25, -0.2) is 14.7 Å². The van der Waals surface area contributed by atoms with E-state index in [9.17, 15) is 14.1 Å². The fourth-order valence-electron chi connectivity index (χ4n) is 0.532. The molecular formula is C5H3FN2O3S. The number of nitrogens with two attached hydrogens (primary N) is 1. The fraction of sp³-hybridized carbons (Fsp3) is 0. The van der Waals surface area contributed by atoms with Crippen molar-refractivity contribution in [3.05, 3.63) is 11.1 Å². The molecule has 0 saturated carbocycles. The first-order valence-corrected chi connectivity index (χ1v) is 3.61. The zero-order valence-electron chi connectivity index (χ0n) is 5.61. The van der Waals surface area contributed by atoms with Crippen molar-refractivity contribution < 1.29 is 19.1 Å². The smallest absolute Gasteiger partial charge is 0.375 e. The van der Waals surface area contributed by atoms with E-state index in [1.54, 1.807) is 0 Å². The summed E-state index contributed by atoms with van der Waals surface area (Å²) in [7, 11) is 0. The summed E-state index contributed by atoms with van der Waals surface area (Å²) in [4.78, 5) is 27.2. The van der Waals surface area contributed by atoms with E-state index in [0.717, 1.165) is 11.3 Å². The van der Waals surface area contributed by atoms with Crippen molar-refractivity contribution >= 4 is 28.2 Å². The molecule has 12 heavy (non-hydrogen) atoms. The highest BCUT2D eigenvalue weighted by atomic mass is 32.1. The van der Waals surface area contributed by atoms with E-state index in [0.29, 0.717) is 0 Å². The zero-order valence-corrected chi connectivity index (χ0v) is 6.43. The van der Waals surface area contributed by atoms with Crippen molar-refractivity contribution in [3.63, 3.8) is 0 Å². The molecule has 0 saturated heterocycles. The van der Waals surface area contributed by atoms with Crippen LogP contribution in [0.5, 0.6) is 0 Å². The molecule has 1 rings (SSSR count). The number of nitrogens with zero attached hydrogens (tertiary/aromatic N) is 1. The van der Waals surface area contributed by atoms with E-state index in [4.69, 9.17) is 5.73 Å². The predicted octanol–water partition coefficient (Wildman–Crippen LogP) is 0.336. The maximum atomic E-state index is 11.2. The highest BCUT2D eigenvalue weighted by Gasteiger charge is 2.21. The van der Waals surface area contributed by atoms with Gasteiger partial charge in [-0.05, 0) is 0 Å². The Morgan fingerprint density at radius 1 is 1.67 bits per heavy atom. The molecule has 1 heterocycles. The second-order valence-electron chi connectivity index (χ2n) is 1.76. The lowest BCUT2D eigenvalue weighted by molar-refractivity contribution is -0.176. The number of anilines is 1. The molecule has 0 atom stereocenters. The van der Waals surface area contributed by atoms with Gasteiger partial charge in [-0.15, -0.1) is 11.3 Å². The van der Waals surface area contributed by atoms with E-state index >= 15 is 0 Å². The van der Waals surface area contributed by atoms with Crippen molar-refractivity contribution in [2.75, 3.05) is 5.73 Å². The lowest BCUT2D eigenvalue weighted by Gasteiger charge is -1.87. The monoisotopic (exact) mass is 190 g/mol. The lowest BCUT2D eigenvalue weighted by Crippen LogP contribution is -2.14. The minimum atomic E-state index is -1.60. The lowest BCUT2D eigenvalue weighted by atomic mass is 10.3. The average Bonchev–Trinajstić information content (AvgIpc) is 2.49. The summed E-state index contributed by atoms with van der Waals surface area (Å²) < 4.78 is 11.2. The van der Waals surface area contributed by atoms with Gasteiger partial charge in [0, 0.05) is 9.91 Å². The first-order chi connectivity index (χ1) is 5.65. The maximum absolute atomic E-state index is 11.2. The third-order valence-electron chi connectivity index (χ3n) is 1.01. The molecule has 2 N–H and O–H groups in total. The molecule has 0 spiro atoms. The molecule has 0 amide bonds. The summed E-state index contributed by atoms with van der Waals surface area (Å²) in [5.41, 5.74) is 4.96. The van der Waals surface area contributed by atoms with Crippen LogP contribution in [0.1, 0.15) is 10.5 Å². The topological polar surface area (TPSA) is 82.3 Å². The number of carbonyl (C=O) groups is 2. The minimum absolute atomic E-state index is 0.130. The summed E-state index contributed by atoms with van der Waals surface area (Å²) in [6.07, 6.45) is 0. The molecule has 0 radical (unpaired) electrons. The fourth-order valence-corrected chi connectivity index (χ4v) is 1.07. The molecule has 0 bridgehead atoms. The Bertz CT molecular complexity index is 324. The van der Waals surface area contributed by atoms with Crippen molar-refractivity contribution in [3.8, 4) is 0 Å². The Kier molecular flexibility index (Phi) is 2.34. The largest absolute Gasteiger partial charge is 0.421 e. The van der Waals surface area contributed by atoms with Gasteiger partial charge in [0.2, 0.25) is 0 Å². The second-order valence-corrected chi connectivity index (χ2v) is 2.65. The van der Waals surface area contributed by atoms with Crippen molar-refractivity contribution in [1.82, 2.24) is 4.98 Å². The number of aromatic nitrogens is 1. The van der Waals surface area contributed by atoms with Crippen LogP contribution in [0.4, 0.5) is 9.66 Å². The van der Waals surface area contributed by atoms with Crippen molar-refractivity contribution in [2.45, 2.75) is 0 Å². The van der Waals surface area contributed by atoms with E-state index in [-0.39, 0.29) is 10.8 Å². The molecule has 1 aromatic rings. The first-order valence-electron chi connectivity index (χ1n) is 2.73. The average molecular weight is 190 g/mol. The Hall–Kier alpha value is -1.50. The van der Waals surface area contributed by atoms with Gasteiger partial charge < -0.3 is 5.73 Å². The van der Waals surface area contributed by atoms with Crippen LogP contribution in [0.2, 0.25) is 0 Å². The number of hydrogen-bond acceptors (Lipinski definition) is 6. The van der Waals surface area contributed by atoms with Crippen LogP contribution in [0.25, 0.3) is 0 Å². The summed E-state index contributed by atoms with van der Waals surface area (Å²) in [6, 6.07) is 0. The normalized spacial score (nSPS) is 9.42. The van der Waals surface area contributed by atoms with Gasteiger partial charge in [-0.3, -0.25) is 4.79 Å². The van der Waals surface area contributed by atoms with Crippen LogP contribution in [0.3, 0.4) is 0 Å². The summed E-state index contributed by atoms with van der Waals surface area (Å²) in [6.45, 7) is 0. The standard InChI is InChI=1S/C5H3FN2O3S/c6-11-4(10)3(9)2-1-12-5(7)8-2/h1H,(H2,7,8). The van der Waals surface area contributed by atoms with Crippen molar-refractivity contribution in [1.29, 1.82) is 0 Å². The number of halogens is 1. The van der Waals surface area contributed by atoms with E-state index in [2.05, 4.69) is 9.93 Å². The molecule has 0 aromatic carbocycles. The van der Waals surface area contributed by atoms with Crippen molar-refractivity contribution in [2.24, 2.45) is 0 Å². The molecule has 0 aliphatic rings. The molecule has 0 aliphatic heterocycles. The summed E-state index contributed by atoms with van der Waals surface area (Å²) in [5, 5.41) is 1.37. The highest BCUT2D eigenvalue weighted by Crippen LogP contribution is 2.11. The molecule has 0 unspecified atom stereocenters. The molecule has 64 valence electrons. The van der Waals surface area contributed by atoms with E-state index < -0.39 is 11.8 Å². The van der Waals surface area contributed by atoms with Crippen LogP contribution in [0.15, 0.2) is 5.38 Å². The number of thiazole rings is 1. The Labute approximate surface area is 69.9 Å². The predicted molar refractivity (Wildman–Crippen MR) is 38.1 cm³/mol. The van der Waals surface area contributed by atoms with Crippen LogP contribution >= 0.6 is 11.3 Å². The van der Waals surface area contributed by atoms with Crippen LogP contribution in [-0.4, -0.2) is 16.7 Å². The summed E-state index contributed by atoms with van der Waals surface area (Å²) in [5.74, 6) is -2.74. The molecule has 5 nitrogen and oxygen atoms in total. The number of nitrogen functional groups attached to an aromatic ring is 1. The molecule has 1 aromatic heterocycles. The van der Waals surface area contributed by atoms with Gasteiger partial charge in [0.05, 0.1) is 0 Å². The number of rotatable bonds is 2. The Morgan fingerprint density at radius 3 is 2.75 bits per heavy atom. The minimum Gasteiger partial charge on any atom is -0.375 e. The Balaban J connectivity index is 2.85. The van der Waals surface area contributed by atoms with Gasteiger partial charge in [0.15, 0.2) is 5.13 Å². The first kappa shape index (κ1) is 8.60. The SMILES string of the molecule is Nc1nc(C(=O)C(=O)OF)cs1. The highest BCUT2D eigenvalue weighted by molar-refractivity contribution is 7.13. The zero-order chi connectivity index (χ0) is 9.14. The summed E-state index contributed by atoms with van der Waals surface area (Å²) >= 11 is 0.976. The number of carbonyl (C=O) groups excluding carboxylic acids is 2. The van der Waals surface area contributed by atoms with Gasteiger partial charge in [-0.1, -0.05) is 0 Å². The van der Waals surface area contributed by atoms with E-state index in [1.807, 2.05) is 0 Å². The van der Waals surface area contributed by atoms with Crippen LogP contribution < -0.4 is 5.73 Å². The third kappa shape index (κ3) is 1.56. The molecule has 7 heteroatoms. The Morgan fingerprint density at radius 2 is 2.33 bits per heavy atom. The number of hydrogen-bond donors (Lipinski definition) is 1. The third-order valence-corrected chi connectivity index (χ3v) is 1.68. The van der Waals surface area contributed by atoms with Gasteiger partial charge in [0.25, 0.3) is 5.78 Å². The van der Waals surface area contributed by atoms with E-state index in [1.165, 1.54) is 5.38 Å². The second kappa shape index (κ2) is 3.26. The van der Waals surface area contributed by atoms with Crippen LogP contribution in [0, 0.1) is 0 Å². The molecule has 0 aliphatic carbocycles. The van der Waals surface area contributed by atoms with Crippen LogP contribution in [-0.2, 0) is 9.74 Å².